The highest BCUT2D eigenvalue weighted by molar-refractivity contribution is 7.89. The first-order chi connectivity index (χ1) is 14.8. The molecule has 1 aromatic heterocycles. The topological polar surface area (TPSA) is 75.6 Å². The monoisotopic (exact) mass is 454 g/mol. The molecule has 11 heteroatoms. The zero-order chi connectivity index (χ0) is 21.8. The first kappa shape index (κ1) is 20.7. The van der Waals surface area contributed by atoms with E-state index in [1.165, 1.54) is 4.31 Å². The van der Waals surface area contributed by atoms with E-state index in [4.69, 9.17) is 4.74 Å². The maximum atomic E-state index is 13.5. The minimum absolute atomic E-state index is 0.0950. The quantitative estimate of drug-likeness (QED) is 0.646. The maximum absolute atomic E-state index is 13.5. The fourth-order valence-corrected chi connectivity index (χ4v) is 5.74. The molecule has 31 heavy (non-hydrogen) atoms. The highest BCUT2D eigenvalue weighted by Gasteiger charge is 2.41. The number of benzene rings is 1. The van der Waals surface area contributed by atoms with Gasteiger partial charge in [-0.2, -0.15) is 4.31 Å². The molecule has 7 nitrogen and oxygen atoms in total. The molecule has 5 rings (SSSR count). The Balaban J connectivity index is 1.25. The molecule has 0 unspecified atom stereocenters. The van der Waals surface area contributed by atoms with Crippen LogP contribution in [-0.2, 0) is 10.0 Å². The number of ether oxygens (including phenoxy) is 1. The highest BCUT2D eigenvalue weighted by Crippen LogP contribution is 2.38. The number of fused-ring (bicyclic) bond motifs is 1. The van der Waals surface area contributed by atoms with E-state index < -0.39 is 32.4 Å². The highest BCUT2D eigenvalue weighted by atomic mass is 32.2. The van der Waals surface area contributed by atoms with Crippen LogP contribution in [0.5, 0.6) is 5.88 Å². The van der Waals surface area contributed by atoms with E-state index in [9.17, 15) is 21.6 Å². The maximum Gasteiger partial charge on any atom is 0.243 e. The van der Waals surface area contributed by atoms with E-state index in [1.54, 1.807) is 12.4 Å². The van der Waals surface area contributed by atoms with Gasteiger partial charge in [0.2, 0.25) is 15.9 Å². The van der Waals surface area contributed by atoms with Gasteiger partial charge in [-0.25, -0.2) is 26.6 Å². The van der Waals surface area contributed by atoms with Crippen molar-refractivity contribution in [2.24, 2.45) is 0 Å². The van der Waals surface area contributed by atoms with Crippen LogP contribution in [0, 0.1) is 17.5 Å². The van der Waals surface area contributed by atoms with E-state index in [2.05, 4.69) is 14.9 Å². The summed E-state index contributed by atoms with van der Waals surface area (Å²) >= 11 is 0. The van der Waals surface area contributed by atoms with Gasteiger partial charge in [0.15, 0.2) is 17.5 Å². The summed E-state index contributed by atoms with van der Waals surface area (Å²) in [4.78, 5) is 10.3. The summed E-state index contributed by atoms with van der Waals surface area (Å²) < 4.78 is 73.2. The van der Waals surface area contributed by atoms with Crippen LogP contribution in [0.15, 0.2) is 29.4 Å². The molecule has 1 aliphatic carbocycles. The van der Waals surface area contributed by atoms with Gasteiger partial charge in [-0.05, 0) is 25.0 Å². The Morgan fingerprint density at radius 1 is 1.00 bits per heavy atom. The Morgan fingerprint density at radius 2 is 1.74 bits per heavy atom. The third-order valence-corrected chi connectivity index (χ3v) is 7.91. The van der Waals surface area contributed by atoms with E-state index in [1.807, 2.05) is 0 Å². The molecule has 3 heterocycles. The zero-order valence-electron chi connectivity index (χ0n) is 16.5. The second kappa shape index (κ2) is 7.72. The first-order valence-electron chi connectivity index (χ1n) is 10.2. The van der Waals surface area contributed by atoms with Crippen molar-refractivity contribution in [1.29, 1.82) is 0 Å². The normalized spacial score (nSPS) is 24.9. The van der Waals surface area contributed by atoms with Gasteiger partial charge in [0, 0.05) is 44.6 Å². The van der Waals surface area contributed by atoms with Crippen LogP contribution >= 0.6 is 0 Å². The van der Waals surface area contributed by atoms with Gasteiger partial charge in [-0.1, -0.05) is 0 Å². The largest absolute Gasteiger partial charge is 0.472 e. The van der Waals surface area contributed by atoms with Gasteiger partial charge in [0.25, 0.3) is 0 Å². The molecule has 0 amide bonds. The molecule has 0 bridgehead atoms. The van der Waals surface area contributed by atoms with Gasteiger partial charge in [-0.15, -0.1) is 0 Å². The van der Waals surface area contributed by atoms with Crippen LogP contribution in [0.2, 0.25) is 0 Å². The van der Waals surface area contributed by atoms with Gasteiger partial charge < -0.3 is 4.74 Å². The smallest absolute Gasteiger partial charge is 0.243 e. The Labute approximate surface area is 177 Å². The molecule has 1 aromatic carbocycles. The number of piperazine rings is 1. The fourth-order valence-electron chi connectivity index (χ4n) is 4.25. The molecule has 0 radical (unpaired) electrons. The van der Waals surface area contributed by atoms with Crippen LogP contribution in [0.4, 0.5) is 13.2 Å². The average Bonchev–Trinajstić information content (AvgIpc) is 3.51. The van der Waals surface area contributed by atoms with E-state index in [0.29, 0.717) is 43.4 Å². The Bertz CT molecular complexity index is 1070. The van der Waals surface area contributed by atoms with Crippen molar-refractivity contribution in [2.45, 2.75) is 42.2 Å². The van der Waals surface area contributed by atoms with Crippen molar-refractivity contribution in [3.05, 3.63) is 47.7 Å². The average molecular weight is 454 g/mol. The van der Waals surface area contributed by atoms with Crippen LogP contribution < -0.4 is 4.74 Å². The molecule has 3 fully saturated rings. The van der Waals surface area contributed by atoms with Crippen molar-refractivity contribution >= 4 is 10.0 Å². The molecular weight excluding hydrogens is 433 g/mol. The molecule has 1 saturated carbocycles. The van der Waals surface area contributed by atoms with Crippen LogP contribution in [0.1, 0.15) is 30.9 Å². The third-order valence-electron chi connectivity index (χ3n) is 6.07. The number of nitrogens with zero attached hydrogens (tertiary/aromatic N) is 4. The molecule has 166 valence electrons. The molecule has 0 spiro atoms. The molecule has 2 aliphatic heterocycles. The van der Waals surface area contributed by atoms with Crippen LogP contribution in [0.3, 0.4) is 0 Å². The van der Waals surface area contributed by atoms with E-state index in [0.717, 1.165) is 18.5 Å². The molecule has 0 N–H and O–H groups in total. The molecule has 2 aromatic rings. The van der Waals surface area contributed by atoms with Crippen LogP contribution in [0.25, 0.3) is 0 Å². The first-order valence-corrected chi connectivity index (χ1v) is 11.6. The SMILES string of the molecule is O=S(=O)(c1cc(F)c(F)c(F)c1)N1CCN2C[C@H](Oc3cnc(C4CC4)cn3)C[C@H]2C1. The Kier molecular flexibility index (Phi) is 5.14. The van der Waals surface area contributed by atoms with Crippen molar-refractivity contribution < 1.29 is 26.3 Å². The summed E-state index contributed by atoms with van der Waals surface area (Å²) in [7, 11) is -4.15. The van der Waals surface area contributed by atoms with Crippen LogP contribution in [-0.4, -0.2) is 65.9 Å². The lowest BCUT2D eigenvalue weighted by Crippen LogP contribution is -2.51. The van der Waals surface area contributed by atoms with Crippen molar-refractivity contribution in [3.63, 3.8) is 0 Å². The number of halogens is 3. The molecule has 2 atom stereocenters. The third kappa shape index (κ3) is 4.01. The summed E-state index contributed by atoms with van der Waals surface area (Å²) in [5, 5.41) is 0. The van der Waals surface area contributed by atoms with Gasteiger partial charge in [0.1, 0.15) is 6.10 Å². The zero-order valence-corrected chi connectivity index (χ0v) is 17.4. The lowest BCUT2D eigenvalue weighted by Gasteiger charge is -2.36. The van der Waals surface area contributed by atoms with E-state index >= 15 is 0 Å². The minimum Gasteiger partial charge on any atom is -0.472 e. The fraction of sp³-hybridized carbons (Fsp3) is 0.500. The summed E-state index contributed by atoms with van der Waals surface area (Å²) in [6.45, 7) is 1.42. The Hall–Kier alpha value is -2.24. The molecule has 3 aliphatic rings. The second-order valence-electron chi connectivity index (χ2n) is 8.24. The van der Waals surface area contributed by atoms with Crippen molar-refractivity contribution in [1.82, 2.24) is 19.2 Å². The van der Waals surface area contributed by atoms with Crippen molar-refractivity contribution in [2.75, 3.05) is 26.2 Å². The second-order valence-corrected chi connectivity index (χ2v) is 10.2. The number of hydrogen-bond acceptors (Lipinski definition) is 6. The van der Waals surface area contributed by atoms with Gasteiger partial charge in [0.05, 0.1) is 23.0 Å². The summed E-state index contributed by atoms with van der Waals surface area (Å²) in [6.07, 6.45) is 6.08. The predicted molar refractivity (Wildman–Crippen MR) is 103 cm³/mol. The number of hydrogen-bond donors (Lipinski definition) is 0. The number of rotatable bonds is 5. The lowest BCUT2D eigenvalue weighted by atomic mass is 10.2. The number of aromatic nitrogens is 2. The standard InChI is InChI=1S/C20H21F3N4O3S/c21-16-6-15(7-17(22)20(16)23)31(28,29)27-4-3-26-11-14(5-13(26)10-27)30-19-9-24-18(8-25-19)12-1-2-12/h6-9,12-14H,1-5,10-11H2/t13-,14+/m0/s1. The van der Waals surface area contributed by atoms with E-state index in [-0.39, 0.29) is 25.2 Å². The minimum atomic E-state index is -4.15. The summed E-state index contributed by atoms with van der Waals surface area (Å²) in [5.74, 6) is -3.79. The lowest BCUT2D eigenvalue weighted by molar-refractivity contribution is 0.151. The summed E-state index contributed by atoms with van der Waals surface area (Å²) in [5.41, 5.74) is 0.978. The number of sulfonamides is 1. The predicted octanol–water partition coefficient (Wildman–Crippen LogP) is 2.30. The molecule has 2 saturated heterocycles. The Morgan fingerprint density at radius 3 is 2.39 bits per heavy atom. The van der Waals surface area contributed by atoms with Gasteiger partial charge in [-0.3, -0.25) is 9.88 Å². The molecular formula is C20H21F3N4O3S. The summed E-state index contributed by atoms with van der Waals surface area (Å²) in [6, 6.07) is 0.942. The van der Waals surface area contributed by atoms with Crippen molar-refractivity contribution in [3.8, 4) is 5.88 Å². The van der Waals surface area contributed by atoms with Gasteiger partial charge >= 0.3 is 0 Å².